The average Bonchev–Trinajstić information content (AvgIpc) is 2.92. The molecule has 2 aromatic rings. The zero-order valence-electron chi connectivity index (χ0n) is 13.4. The first-order valence-electron chi connectivity index (χ1n) is 7.57. The van der Waals surface area contributed by atoms with E-state index in [2.05, 4.69) is 31.7 Å². The highest BCUT2D eigenvalue weighted by molar-refractivity contribution is 5.88. The number of piperazine rings is 1. The van der Waals surface area contributed by atoms with Crippen molar-refractivity contribution in [2.75, 3.05) is 44.7 Å². The van der Waals surface area contributed by atoms with Crippen LogP contribution in [0.4, 0.5) is 10.1 Å². The summed E-state index contributed by atoms with van der Waals surface area (Å²) in [6, 6.07) is 3.25. The van der Waals surface area contributed by atoms with E-state index in [1.807, 2.05) is 13.0 Å². The van der Waals surface area contributed by atoms with Gasteiger partial charge < -0.3 is 9.42 Å². The number of hydrogen-bond donors (Lipinski definition) is 0. The van der Waals surface area contributed by atoms with Crippen molar-refractivity contribution in [2.45, 2.75) is 6.92 Å². The molecule has 1 saturated heterocycles. The van der Waals surface area contributed by atoms with Crippen molar-refractivity contribution in [2.24, 2.45) is 9.98 Å². The molecule has 0 saturated carbocycles. The second-order valence-corrected chi connectivity index (χ2v) is 5.63. The van der Waals surface area contributed by atoms with Crippen molar-refractivity contribution in [3.8, 4) is 0 Å². The van der Waals surface area contributed by atoms with Gasteiger partial charge in [0.05, 0.1) is 17.9 Å². The molecule has 0 atom stereocenters. The van der Waals surface area contributed by atoms with Crippen LogP contribution in [0.25, 0.3) is 11.0 Å². The number of benzene rings is 1. The van der Waals surface area contributed by atoms with Crippen LogP contribution in [0, 0.1) is 12.7 Å². The largest absolute Gasteiger partial charge is 0.367 e. The quantitative estimate of drug-likeness (QED) is 0.643. The zero-order chi connectivity index (χ0) is 16.4. The van der Waals surface area contributed by atoms with Gasteiger partial charge in [-0.25, -0.2) is 9.38 Å². The standard InChI is InChI=1S/C16H20FN5O/c1-11-12-8-14(13(17)9-15(12)23-20-11)22-6-4-21(5-7-22)10-16(18-2)19-3/h8-9H,2,4-7,10H2,1,3H3. The van der Waals surface area contributed by atoms with E-state index in [0.717, 1.165) is 43.1 Å². The van der Waals surface area contributed by atoms with Gasteiger partial charge in [-0.2, -0.15) is 0 Å². The highest BCUT2D eigenvalue weighted by atomic mass is 19.1. The molecule has 23 heavy (non-hydrogen) atoms. The van der Waals surface area contributed by atoms with Crippen LogP contribution in [-0.2, 0) is 0 Å². The highest BCUT2D eigenvalue weighted by Gasteiger charge is 2.21. The molecule has 1 aliphatic heterocycles. The van der Waals surface area contributed by atoms with E-state index in [1.165, 1.54) is 6.07 Å². The molecular formula is C16H20FN5O. The molecule has 0 amide bonds. The van der Waals surface area contributed by atoms with Gasteiger partial charge in [-0.3, -0.25) is 9.89 Å². The average molecular weight is 317 g/mol. The molecule has 1 fully saturated rings. The number of halogens is 1. The first-order valence-corrected chi connectivity index (χ1v) is 7.57. The molecule has 1 aromatic heterocycles. The summed E-state index contributed by atoms with van der Waals surface area (Å²) >= 11 is 0. The number of aryl methyl sites for hydroxylation is 1. The lowest BCUT2D eigenvalue weighted by Crippen LogP contribution is -2.48. The molecule has 0 unspecified atom stereocenters. The Morgan fingerprint density at radius 1 is 1.35 bits per heavy atom. The summed E-state index contributed by atoms with van der Waals surface area (Å²) in [4.78, 5) is 12.3. The third kappa shape index (κ3) is 3.10. The minimum atomic E-state index is -0.273. The molecule has 3 rings (SSSR count). The fourth-order valence-electron chi connectivity index (χ4n) is 2.85. The molecule has 0 radical (unpaired) electrons. The van der Waals surface area contributed by atoms with E-state index < -0.39 is 0 Å². The molecule has 0 spiro atoms. The summed E-state index contributed by atoms with van der Waals surface area (Å²) in [6.45, 7) is 9.22. The topological polar surface area (TPSA) is 57.2 Å². The van der Waals surface area contributed by atoms with Crippen molar-refractivity contribution in [1.29, 1.82) is 0 Å². The van der Waals surface area contributed by atoms with E-state index in [1.54, 1.807) is 7.05 Å². The van der Waals surface area contributed by atoms with Gasteiger partial charge in [-0.05, 0) is 19.7 Å². The van der Waals surface area contributed by atoms with E-state index in [-0.39, 0.29) is 5.82 Å². The Kier molecular flexibility index (Phi) is 4.38. The van der Waals surface area contributed by atoms with Crippen molar-refractivity contribution < 1.29 is 8.91 Å². The second-order valence-electron chi connectivity index (χ2n) is 5.63. The Labute approximate surface area is 134 Å². The number of aliphatic imine (C=N–C) groups is 2. The molecule has 7 heteroatoms. The van der Waals surface area contributed by atoms with Crippen LogP contribution in [0.15, 0.2) is 26.6 Å². The summed E-state index contributed by atoms with van der Waals surface area (Å²) in [5.74, 6) is 0.455. The summed E-state index contributed by atoms with van der Waals surface area (Å²) in [6.07, 6.45) is 0. The number of aromatic nitrogens is 1. The Morgan fingerprint density at radius 2 is 2.09 bits per heavy atom. The van der Waals surface area contributed by atoms with Gasteiger partial charge in [0.1, 0.15) is 11.7 Å². The lowest BCUT2D eigenvalue weighted by molar-refractivity contribution is 0.290. The SMILES string of the molecule is C=NC(CN1CCN(c2cc3c(C)noc3cc2F)CC1)=NC. The Bertz CT molecular complexity index is 746. The Morgan fingerprint density at radius 3 is 2.74 bits per heavy atom. The van der Waals surface area contributed by atoms with Gasteiger partial charge in [0.25, 0.3) is 0 Å². The van der Waals surface area contributed by atoms with Crippen LogP contribution < -0.4 is 4.90 Å². The normalized spacial score (nSPS) is 17.0. The van der Waals surface area contributed by atoms with Crippen molar-refractivity contribution in [3.05, 3.63) is 23.6 Å². The van der Waals surface area contributed by atoms with Gasteiger partial charge >= 0.3 is 0 Å². The zero-order valence-corrected chi connectivity index (χ0v) is 13.4. The lowest BCUT2D eigenvalue weighted by Gasteiger charge is -2.36. The summed E-state index contributed by atoms with van der Waals surface area (Å²) in [5.41, 5.74) is 1.87. The summed E-state index contributed by atoms with van der Waals surface area (Å²) in [5, 5.41) is 4.75. The minimum Gasteiger partial charge on any atom is -0.367 e. The molecule has 0 bridgehead atoms. The molecule has 6 nitrogen and oxygen atoms in total. The van der Waals surface area contributed by atoms with E-state index in [9.17, 15) is 4.39 Å². The molecule has 1 aromatic carbocycles. The minimum absolute atomic E-state index is 0.273. The van der Waals surface area contributed by atoms with Crippen LogP contribution >= 0.6 is 0 Å². The van der Waals surface area contributed by atoms with Crippen LogP contribution in [0.5, 0.6) is 0 Å². The maximum atomic E-state index is 14.3. The molecule has 0 N–H and O–H groups in total. The number of rotatable bonds is 3. The second kappa shape index (κ2) is 6.45. The number of nitrogens with zero attached hydrogens (tertiary/aromatic N) is 5. The van der Waals surface area contributed by atoms with E-state index in [0.29, 0.717) is 17.8 Å². The summed E-state index contributed by atoms with van der Waals surface area (Å²) < 4.78 is 19.5. The third-order valence-corrected chi connectivity index (χ3v) is 4.24. The monoisotopic (exact) mass is 317 g/mol. The predicted octanol–water partition coefficient (Wildman–Crippen LogP) is 2.13. The van der Waals surface area contributed by atoms with Crippen LogP contribution in [0.2, 0.25) is 0 Å². The maximum Gasteiger partial charge on any atom is 0.170 e. The number of hydrogen-bond acceptors (Lipinski definition) is 5. The van der Waals surface area contributed by atoms with Gasteiger partial charge in [-0.15, -0.1) is 0 Å². The number of anilines is 1. The van der Waals surface area contributed by atoms with E-state index in [4.69, 9.17) is 4.52 Å². The van der Waals surface area contributed by atoms with Gasteiger partial charge in [0.15, 0.2) is 5.58 Å². The molecule has 0 aliphatic carbocycles. The number of amidine groups is 1. The lowest BCUT2D eigenvalue weighted by atomic mass is 10.1. The van der Waals surface area contributed by atoms with E-state index >= 15 is 0 Å². The Balaban J connectivity index is 1.73. The van der Waals surface area contributed by atoms with Gasteiger partial charge in [0.2, 0.25) is 0 Å². The predicted molar refractivity (Wildman–Crippen MR) is 90.3 cm³/mol. The highest BCUT2D eigenvalue weighted by Crippen LogP contribution is 2.28. The van der Waals surface area contributed by atoms with Crippen molar-refractivity contribution >= 4 is 29.2 Å². The maximum absolute atomic E-state index is 14.3. The molecule has 122 valence electrons. The molecular weight excluding hydrogens is 297 g/mol. The van der Waals surface area contributed by atoms with Crippen molar-refractivity contribution in [1.82, 2.24) is 10.1 Å². The van der Waals surface area contributed by atoms with Gasteiger partial charge in [-0.1, -0.05) is 5.16 Å². The first-order chi connectivity index (χ1) is 11.1. The van der Waals surface area contributed by atoms with Gasteiger partial charge in [0, 0.05) is 44.7 Å². The molecule has 2 heterocycles. The smallest absolute Gasteiger partial charge is 0.170 e. The van der Waals surface area contributed by atoms with Crippen molar-refractivity contribution in [3.63, 3.8) is 0 Å². The first kappa shape index (κ1) is 15.6. The summed E-state index contributed by atoms with van der Waals surface area (Å²) in [7, 11) is 1.71. The number of fused-ring (bicyclic) bond motifs is 1. The molecule has 1 aliphatic rings. The Hall–Kier alpha value is -2.28. The van der Waals surface area contributed by atoms with Crippen LogP contribution in [-0.4, -0.2) is 62.4 Å². The fraction of sp³-hybridized carbons (Fsp3) is 0.438. The third-order valence-electron chi connectivity index (χ3n) is 4.24. The van der Waals surface area contributed by atoms with Crippen LogP contribution in [0.1, 0.15) is 5.69 Å². The fourth-order valence-corrected chi connectivity index (χ4v) is 2.85. The van der Waals surface area contributed by atoms with Crippen LogP contribution in [0.3, 0.4) is 0 Å².